The van der Waals surface area contributed by atoms with Gasteiger partial charge in [-0.2, -0.15) is 4.98 Å². The lowest BCUT2D eigenvalue weighted by Gasteiger charge is -2.42. The first-order valence-electron chi connectivity index (χ1n) is 15.8. The Bertz CT molecular complexity index is 1570. The van der Waals surface area contributed by atoms with Crippen molar-refractivity contribution in [3.8, 4) is 17.1 Å². The van der Waals surface area contributed by atoms with E-state index < -0.39 is 0 Å². The minimum atomic E-state index is -0.314. The highest BCUT2D eigenvalue weighted by Crippen LogP contribution is 2.36. The largest absolute Gasteiger partial charge is 0.374 e. The molecule has 228 valence electrons. The van der Waals surface area contributed by atoms with Gasteiger partial charge in [0.25, 0.3) is 0 Å². The second-order valence-electron chi connectivity index (χ2n) is 12.0. The molecule has 4 heterocycles. The van der Waals surface area contributed by atoms with Gasteiger partial charge in [0.2, 0.25) is 0 Å². The highest BCUT2D eigenvalue weighted by Gasteiger charge is 2.30. The molecule has 3 aromatic heterocycles. The molecule has 4 aromatic rings. The summed E-state index contributed by atoms with van der Waals surface area (Å²) in [5.41, 5.74) is 11.0. The number of amidine groups is 1. The Morgan fingerprint density at radius 1 is 1.19 bits per heavy atom. The van der Waals surface area contributed by atoms with E-state index in [1.54, 1.807) is 11.5 Å². The van der Waals surface area contributed by atoms with E-state index in [1.165, 1.54) is 18.4 Å². The van der Waals surface area contributed by atoms with Crippen molar-refractivity contribution in [2.45, 2.75) is 90.3 Å². The predicted octanol–water partition coefficient (Wildman–Crippen LogP) is 5.73. The van der Waals surface area contributed by atoms with Gasteiger partial charge >= 0.3 is 5.69 Å². The maximum absolute atomic E-state index is 13.1. The number of likely N-dealkylation sites (tertiary alicyclic amines) is 1. The van der Waals surface area contributed by atoms with E-state index >= 15 is 0 Å². The molecular formula is C34H46N8O. The van der Waals surface area contributed by atoms with Crippen LogP contribution in [0.25, 0.3) is 28.1 Å². The van der Waals surface area contributed by atoms with Gasteiger partial charge in [0.05, 0.1) is 22.9 Å². The molecule has 0 bridgehead atoms. The predicted molar refractivity (Wildman–Crippen MR) is 175 cm³/mol. The van der Waals surface area contributed by atoms with Crippen LogP contribution in [-0.2, 0) is 6.42 Å². The normalized spacial score (nSPS) is 18.1. The Balaban J connectivity index is 1.34. The molecule has 1 saturated heterocycles. The van der Waals surface area contributed by atoms with Gasteiger partial charge in [-0.05, 0) is 108 Å². The fourth-order valence-corrected chi connectivity index (χ4v) is 6.37. The molecule has 9 nitrogen and oxygen atoms in total. The molecule has 9 heteroatoms. The Morgan fingerprint density at radius 2 is 2.00 bits per heavy atom. The van der Waals surface area contributed by atoms with Crippen LogP contribution in [0.3, 0.4) is 0 Å². The number of aryl methyl sites for hydroxylation is 1. The van der Waals surface area contributed by atoms with E-state index in [4.69, 9.17) is 16.1 Å². The lowest BCUT2D eigenvalue weighted by Crippen LogP contribution is -2.43. The lowest BCUT2D eigenvalue weighted by molar-refractivity contribution is 0.0777. The summed E-state index contributed by atoms with van der Waals surface area (Å²) in [4.78, 5) is 28.3. The van der Waals surface area contributed by atoms with E-state index in [0.717, 1.165) is 79.8 Å². The van der Waals surface area contributed by atoms with E-state index in [0.29, 0.717) is 23.6 Å². The van der Waals surface area contributed by atoms with Gasteiger partial charge in [0.15, 0.2) is 0 Å². The highest BCUT2D eigenvalue weighted by atomic mass is 16.1. The van der Waals surface area contributed by atoms with Crippen molar-refractivity contribution in [2.24, 2.45) is 5.73 Å². The third kappa shape index (κ3) is 7.58. The molecule has 0 aliphatic carbocycles. The average molecular weight is 583 g/mol. The van der Waals surface area contributed by atoms with Gasteiger partial charge < -0.3 is 16.0 Å². The van der Waals surface area contributed by atoms with Gasteiger partial charge in [0.1, 0.15) is 5.65 Å². The fourth-order valence-electron chi connectivity index (χ4n) is 6.37. The smallest absolute Gasteiger partial charge is 0.354 e. The van der Waals surface area contributed by atoms with Crippen LogP contribution < -0.4 is 16.7 Å². The van der Waals surface area contributed by atoms with Crippen LogP contribution in [-0.4, -0.2) is 55.4 Å². The van der Waals surface area contributed by atoms with Crippen molar-refractivity contribution in [3.63, 3.8) is 0 Å². The van der Waals surface area contributed by atoms with Gasteiger partial charge in [-0.1, -0.05) is 25.1 Å². The van der Waals surface area contributed by atoms with Crippen LogP contribution in [0.5, 0.6) is 0 Å². The number of aromatic amines is 1. The summed E-state index contributed by atoms with van der Waals surface area (Å²) in [6.45, 7) is 7.96. The summed E-state index contributed by atoms with van der Waals surface area (Å²) < 4.78 is 1.63. The molecule has 1 fully saturated rings. The first-order valence-corrected chi connectivity index (χ1v) is 15.8. The number of hydrogen-bond acceptors (Lipinski definition) is 6. The maximum Gasteiger partial charge on any atom is 0.354 e. The molecule has 0 amide bonds. The van der Waals surface area contributed by atoms with Gasteiger partial charge in [0, 0.05) is 41.9 Å². The van der Waals surface area contributed by atoms with Crippen molar-refractivity contribution >= 4 is 16.9 Å². The second kappa shape index (κ2) is 14.1. The van der Waals surface area contributed by atoms with Gasteiger partial charge in [-0.15, -0.1) is 0 Å². The van der Waals surface area contributed by atoms with Crippen molar-refractivity contribution in [3.05, 3.63) is 76.5 Å². The van der Waals surface area contributed by atoms with Gasteiger partial charge in [-0.3, -0.25) is 19.9 Å². The molecular weight excluding hydrogens is 536 g/mol. The highest BCUT2D eigenvalue weighted by molar-refractivity contribution is 5.81. The minimum Gasteiger partial charge on any atom is -0.374 e. The van der Waals surface area contributed by atoms with Crippen molar-refractivity contribution < 1.29 is 0 Å². The summed E-state index contributed by atoms with van der Waals surface area (Å²) in [7, 11) is 0. The minimum absolute atomic E-state index is 0.193. The summed E-state index contributed by atoms with van der Waals surface area (Å²) in [5.74, 6) is 0.526. The van der Waals surface area contributed by atoms with E-state index in [9.17, 15) is 4.79 Å². The first kappa shape index (κ1) is 30.6. The maximum atomic E-state index is 13.1. The van der Waals surface area contributed by atoms with Crippen LogP contribution in [0.15, 0.2) is 59.5 Å². The summed E-state index contributed by atoms with van der Waals surface area (Å²) in [5, 5.41) is 11.7. The van der Waals surface area contributed by atoms with Crippen molar-refractivity contribution in [1.82, 2.24) is 29.7 Å². The standard InChI is InChI=1S/C34H46N8O/c1-4-20-41-28(18-19-37-24(3)36)11-7-13-32(41)25-14-16-29(17-15-25)42-22-26-21-31(39-33(26)40-34(42)43)30-12-6-10-27(38-30)9-5-8-23(2)35/h6,10,12,14-17,21-23,28,32H,4-5,7-9,11,13,18-20,35H2,1-3H3,(H2,36,37)(H,39,40,43)/t23-,28-,32-/m0/s1. The molecule has 5 rings (SSSR count). The Labute approximate surface area is 254 Å². The second-order valence-corrected chi connectivity index (χ2v) is 12.0. The third-order valence-corrected chi connectivity index (χ3v) is 8.47. The summed E-state index contributed by atoms with van der Waals surface area (Å²) in [6.07, 6.45) is 10.4. The Morgan fingerprint density at radius 3 is 2.74 bits per heavy atom. The van der Waals surface area contributed by atoms with Crippen LogP contribution >= 0.6 is 0 Å². The van der Waals surface area contributed by atoms with E-state index in [2.05, 4.69) is 39.2 Å². The molecule has 5 N–H and O–H groups in total. The van der Waals surface area contributed by atoms with Crippen molar-refractivity contribution in [1.29, 1.82) is 5.41 Å². The number of hydrogen-bond donors (Lipinski definition) is 4. The number of nitrogens with one attached hydrogen (secondary N) is 3. The zero-order valence-electron chi connectivity index (χ0n) is 25.8. The van der Waals surface area contributed by atoms with Gasteiger partial charge in [-0.25, -0.2) is 4.79 Å². The molecule has 0 unspecified atom stereocenters. The first-order chi connectivity index (χ1) is 20.8. The van der Waals surface area contributed by atoms with Crippen LogP contribution in [0, 0.1) is 5.41 Å². The summed E-state index contributed by atoms with van der Waals surface area (Å²) in [6, 6.07) is 17.5. The summed E-state index contributed by atoms with van der Waals surface area (Å²) >= 11 is 0. The lowest BCUT2D eigenvalue weighted by atomic mass is 9.89. The zero-order valence-corrected chi connectivity index (χ0v) is 25.8. The number of benzene rings is 1. The number of nitrogens with two attached hydrogens (primary N) is 1. The number of pyridine rings is 1. The molecule has 43 heavy (non-hydrogen) atoms. The quantitative estimate of drug-likeness (QED) is 0.125. The topological polar surface area (TPSA) is 129 Å². The van der Waals surface area contributed by atoms with E-state index in [-0.39, 0.29) is 11.7 Å². The number of piperidine rings is 1. The van der Waals surface area contributed by atoms with Crippen LogP contribution in [0.4, 0.5) is 0 Å². The molecule has 1 aromatic carbocycles. The molecule has 0 radical (unpaired) electrons. The van der Waals surface area contributed by atoms with Crippen molar-refractivity contribution in [2.75, 3.05) is 13.1 Å². The Hall–Kier alpha value is -3.82. The third-order valence-electron chi connectivity index (χ3n) is 8.47. The number of H-pyrrole nitrogens is 1. The van der Waals surface area contributed by atoms with Crippen LogP contribution in [0.1, 0.15) is 83.0 Å². The monoisotopic (exact) mass is 582 g/mol. The number of rotatable bonds is 12. The van der Waals surface area contributed by atoms with Crippen LogP contribution in [0.2, 0.25) is 0 Å². The zero-order chi connectivity index (χ0) is 30.3. The molecule has 0 spiro atoms. The molecule has 1 aliphatic rings. The number of nitrogens with zero attached hydrogens (tertiary/aromatic N) is 4. The number of fused-ring (bicyclic) bond motifs is 1. The molecule has 3 atom stereocenters. The molecule has 1 aliphatic heterocycles. The average Bonchev–Trinajstić information content (AvgIpc) is 3.40. The SMILES string of the molecule is CCCN1[C@H](CCNC(C)=N)CCC[C@H]1c1ccc(-n2cc3cc(-c4cccc(CCC[C@H](C)N)n4)[nH]c3nc2=O)cc1. The Kier molecular flexibility index (Phi) is 10.0. The number of aromatic nitrogens is 4. The van der Waals surface area contributed by atoms with E-state index in [1.807, 2.05) is 49.5 Å². The molecule has 0 saturated carbocycles. The fraction of sp³-hybridized carbons (Fsp3) is 0.471.